The molecule has 0 amide bonds. The number of halogens is 2. The lowest BCUT2D eigenvalue weighted by atomic mass is 9.93. The molecule has 0 saturated heterocycles. The Morgan fingerprint density at radius 2 is 1.83 bits per heavy atom. The van der Waals surface area contributed by atoms with Crippen LogP contribution < -0.4 is 14.8 Å². The lowest BCUT2D eigenvalue weighted by Gasteiger charge is -2.28. The van der Waals surface area contributed by atoms with Gasteiger partial charge in [-0.1, -0.05) is 12.1 Å². The lowest BCUT2D eigenvalue weighted by Crippen LogP contribution is -2.39. The zero-order valence-electron chi connectivity index (χ0n) is 13.5. The van der Waals surface area contributed by atoms with Crippen LogP contribution >= 0.6 is 0 Å². The monoisotopic (exact) mass is 335 g/mol. The molecule has 1 heterocycles. The van der Waals surface area contributed by atoms with Crippen LogP contribution in [0.4, 0.5) is 8.78 Å². The van der Waals surface area contributed by atoms with Gasteiger partial charge >= 0.3 is 0 Å². The first-order valence-corrected chi connectivity index (χ1v) is 7.65. The van der Waals surface area contributed by atoms with Crippen LogP contribution in [0.25, 0.3) is 0 Å². The number of nitrogens with one attached hydrogen (secondary N) is 1. The Kier molecular flexibility index (Phi) is 4.43. The first-order chi connectivity index (χ1) is 11.4. The molecule has 2 aromatic rings. The van der Waals surface area contributed by atoms with E-state index in [1.165, 1.54) is 6.07 Å². The number of fused-ring (bicyclic) bond motifs is 1. The molecule has 1 aliphatic rings. The molecule has 0 bridgehead atoms. The number of ether oxygens (including phenoxy) is 2. The molecule has 0 aliphatic carbocycles. The molecule has 0 saturated carbocycles. The molecular formula is C18H19F2NO3. The summed E-state index contributed by atoms with van der Waals surface area (Å²) in [6.45, 7) is 4.32. The second-order valence-corrected chi connectivity index (χ2v) is 6.26. The number of benzene rings is 2. The fourth-order valence-corrected chi connectivity index (χ4v) is 2.58. The average Bonchev–Trinajstić information content (AvgIpc) is 3.03. The van der Waals surface area contributed by atoms with E-state index < -0.39 is 23.3 Å². The molecular weight excluding hydrogens is 316 g/mol. The van der Waals surface area contributed by atoms with Gasteiger partial charge in [-0.3, -0.25) is 0 Å². The van der Waals surface area contributed by atoms with Gasteiger partial charge in [0.2, 0.25) is 6.79 Å². The van der Waals surface area contributed by atoms with Crippen molar-refractivity contribution in [3.05, 3.63) is 59.2 Å². The Morgan fingerprint density at radius 1 is 1.08 bits per heavy atom. The molecule has 3 rings (SSSR count). The van der Waals surface area contributed by atoms with Crippen molar-refractivity contribution in [1.29, 1.82) is 0 Å². The van der Waals surface area contributed by atoms with Crippen molar-refractivity contribution < 1.29 is 23.4 Å². The van der Waals surface area contributed by atoms with Crippen LogP contribution in [0.1, 0.15) is 31.1 Å². The van der Waals surface area contributed by atoms with Crippen molar-refractivity contribution in [1.82, 2.24) is 5.32 Å². The van der Waals surface area contributed by atoms with Crippen LogP contribution in [-0.4, -0.2) is 18.4 Å². The molecule has 1 unspecified atom stereocenters. The van der Waals surface area contributed by atoms with E-state index in [4.69, 9.17) is 9.47 Å². The highest BCUT2D eigenvalue weighted by Gasteiger charge is 2.24. The average molecular weight is 335 g/mol. The minimum Gasteiger partial charge on any atom is -0.454 e. The lowest BCUT2D eigenvalue weighted by molar-refractivity contribution is 0.160. The van der Waals surface area contributed by atoms with E-state index in [1.807, 2.05) is 32.0 Å². The number of hydrogen-bond acceptors (Lipinski definition) is 4. The third-order valence-corrected chi connectivity index (χ3v) is 4.16. The van der Waals surface area contributed by atoms with Crippen LogP contribution in [0.5, 0.6) is 11.5 Å². The molecule has 0 fully saturated rings. The second-order valence-electron chi connectivity index (χ2n) is 6.26. The molecule has 2 aromatic carbocycles. The van der Waals surface area contributed by atoms with Crippen LogP contribution in [0, 0.1) is 11.6 Å². The minimum absolute atomic E-state index is 0.187. The largest absolute Gasteiger partial charge is 0.454 e. The third-order valence-electron chi connectivity index (χ3n) is 4.16. The first kappa shape index (κ1) is 16.7. The molecule has 128 valence electrons. The van der Waals surface area contributed by atoms with Crippen molar-refractivity contribution in [2.24, 2.45) is 0 Å². The Hall–Kier alpha value is -2.18. The predicted octanol–water partition coefficient (Wildman–Crippen LogP) is 3.25. The number of rotatable bonds is 5. The summed E-state index contributed by atoms with van der Waals surface area (Å²) in [6.07, 6.45) is -0.951. The smallest absolute Gasteiger partial charge is 0.231 e. The quantitative estimate of drug-likeness (QED) is 0.881. The van der Waals surface area contributed by atoms with Gasteiger partial charge < -0.3 is 19.9 Å². The van der Waals surface area contributed by atoms with Gasteiger partial charge in [-0.05, 0) is 49.2 Å². The van der Waals surface area contributed by atoms with E-state index in [-0.39, 0.29) is 13.3 Å². The molecule has 0 radical (unpaired) electrons. The maximum absolute atomic E-state index is 13.3. The van der Waals surface area contributed by atoms with Crippen LogP contribution in [0.2, 0.25) is 0 Å². The molecule has 1 aliphatic heterocycles. The Balaban J connectivity index is 1.69. The third kappa shape index (κ3) is 3.34. The minimum atomic E-state index is -0.971. The molecule has 24 heavy (non-hydrogen) atoms. The molecule has 4 nitrogen and oxygen atoms in total. The zero-order valence-corrected chi connectivity index (χ0v) is 13.5. The van der Waals surface area contributed by atoms with Gasteiger partial charge in [0.15, 0.2) is 23.1 Å². The molecule has 1 atom stereocenters. The van der Waals surface area contributed by atoms with E-state index in [9.17, 15) is 13.9 Å². The Morgan fingerprint density at radius 3 is 2.58 bits per heavy atom. The first-order valence-electron chi connectivity index (χ1n) is 7.65. The highest BCUT2D eigenvalue weighted by Crippen LogP contribution is 2.35. The summed E-state index contributed by atoms with van der Waals surface area (Å²) in [5.41, 5.74) is 0.827. The Bertz CT molecular complexity index is 749. The van der Waals surface area contributed by atoms with E-state index >= 15 is 0 Å². The number of aliphatic hydroxyl groups excluding tert-OH is 1. The van der Waals surface area contributed by atoms with Crippen LogP contribution in [0.3, 0.4) is 0 Å². The zero-order chi connectivity index (χ0) is 17.3. The van der Waals surface area contributed by atoms with Crippen LogP contribution in [-0.2, 0) is 5.54 Å². The summed E-state index contributed by atoms with van der Waals surface area (Å²) in [5, 5.41) is 13.4. The van der Waals surface area contributed by atoms with Gasteiger partial charge in [0, 0.05) is 12.1 Å². The van der Waals surface area contributed by atoms with Crippen molar-refractivity contribution in [2.45, 2.75) is 25.5 Å². The summed E-state index contributed by atoms with van der Waals surface area (Å²) >= 11 is 0. The van der Waals surface area contributed by atoms with Gasteiger partial charge in [0.1, 0.15) is 0 Å². The van der Waals surface area contributed by atoms with Crippen molar-refractivity contribution in [2.75, 3.05) is 13.3 Å². The fourth-order valence-electron chi connectivity index (χ4n) is 2.58. The van der Waals surface area contributed by atoms with E-state index in [2.05, 4.69) is 5.32 Å². The fraction of sp³-hybridized carbons (Fsp3) is 0.333. The number of aliphatic hydroxyl groups is 1. The highest BCUT2D eigenvalue weighted by atomic mass is 19.2. The van der Waals surface area contributed by atoms with Gasteiger partial charge in [0.25, 0.3) is 0 Å². The predicted molar refractivity (Wildman–Crippen MR) is 84.9 cm³/mol. The Labute approximate surface area is 139 Å². The number of hydrogen-bond donors (Lipinski definition) is 2. The van der Waals surface area contributed by atoms with Crippen molar-refractivity contribution in [3.63, 3.8) is 0 Å². The van der Waals surface area contributed by atoms with E-state index in [0.29, 0.717) is 17.1 Å². The maximum atomic E-state index is 13.3. The van der Waals surface area contributed by atoms with Gasteiger partial charge in [-0.25, -0.2) is 8.78 Å². The second kappa shape index (κ2) is 6.37. The van der Waals surface area contributed by atoms with E-state index in [1.54, 1.807) is 0 Å². The van der Waals surface area contributed by atoms with Crippen molar-refractivity contribution >= 4 is 0 Å². The maximum Gasteiger partial charge on any atom is 0.231 e. The summed E-state index contributed by atoms with van der Waals surface area (Å²) < 4.78 is 36.9. The van der Waals surface area contributed by atoms with Crippen molar-refractivity contribution in [3.8, 4) is 11.5 Å². The van der Waals surface area contributed by atoms with Gasteiger partial charge in [-0.2, -0.15) is 0 Å². The molecule has 2 N–H and O–H groups in total. The summed E-state index contributed by atoms with van der Waals surface area (Å²) in [5.74, 6) is -0.513. The highest BCUT2D eigenvalue weighted by molar-refractivity contribution is 5.46. The summed E-state index contributed by atoms with van der Waals surface area (Å²) in [4.78, 5) is 0. The molecule has 6 heteroatoms. The van der Waals surface area contributed by atoms with Crippen LogP contribution in [0.15, 0.2) is 36.4 Å². The normalized spacial score (nSPS) is 14.7. The standard InChI is InChI=1S/C18H19F2NO3/c1-18(2,12-4-6-16-17(8-12)24-10-23-16)21-9-15(22)11-3-5-13(19)14(20)7-11/h3-8,15,21-22H,9-10H2,1-2H3. The molecule has 0 spiro atoms. The molecule has 0 aromatic heterocycles. The summed E-state index contributed by atoms with van der Waals surface area (Å²) in [7, 11) is 0. The van der Waals surface area contributed by atoms with E-state index in [0.717, 1.165) is 17.7 Å². The summed E-state index contributed by atoms with van der Waals surface area (Å²) in [6, 6.07) is 9.04. The van der Waals surface area contributed by atoms with Gasteiger partial charge in [-0.15, -0.1) is 0 Å². The SMILES string of the molecule is CC(C)(NCC(O)c1ccc(F)c(F)c1)c1ccc2c(c1)OCO2. The topological polar surface area (TPSA) is 50.7 Å². The van der Waals surface area contributed by atoms with Gasteiger partial charge in [0.05, 0.1) is 6.10 Å².